The Kier molecular flexibility index (Phi) is 5.55. The number of rotatable bonds is 5. The zero-order valence-corrected chi connectivity index (χ0v) is 23.4. The lowest BCUT2D eigenvalue weighted by Gasteiger charge is -2.49. The molecule has 1 aromatic rings. The van der Waals surface area contributed by atoms with Gasteiger partial charge in [-0.2, -0.15) is 0 Å². The van der Waals surface area contributed by atoms with E-state index in [1.807, 2.05) is 6.07 Å². The lowest BCUT2D eigenvalue weighted by molar-refractivity contribution is -0.230. The molecule has 5 heterocycles. The molecule has 2 saturated heterocycles. The van der Waals surface area contributed by atoms with Gasteiger partial charge in [0.25, 0.3) is 5.91 Å². The molecule has 0 unspecified atom stereocenters. The first-order valence-corrected chi connectivity index (χ1v) is 14.2. The molecule has 1 saturated carbocycles. The molecule has 15 nitrogen and oxygen atoms in total. The monoisotopic (exact) mass is 581 g/mol. The summed E-state index contributed by atoms with van der Waals surface area (Å²) in [4.78, 5) is 52.4. The first-order chi connectivity index (χ1) is 19.8. The average Bonchev–Trinajstić information content (AvgIpc) is 3.59. The van der Waals surface area contributed by atoms with Gasteiger partial charge in [-0.15, -0.1) is 0 Å². The molecule has 1 spiro atoms. The van der Waals surface area contributed by atoms with Crippen molar-refractivity contribution in [3.8, 4) is 5.75 Å². The van der Waals surface area contributed by atoms with Gasteiger partial charge in [0, 0.05) is 18.2 Å². The van der Waals surface area contributed by atoms with E-state index in [0.717, 1.165) is 29.7 Å². The molecule has 8 N–H and O–H groups in total. The lowest BCUT2D eigenvalue weighted by Crippen LogP contribution is -2.78. The molecule has 42 heavy (non-hydrogen) atoms. The van der Waals surface area contributed by atoms with E-state index < -0.39 is 41.5 Å². The highest BCUT2D eigenvalue weighted by Crippen LogP contribution is 2.46. The van der Waals surface area contributed by atoms with E-state index in [1.165, 1.54) is 4.90 Å². The number of carbonyl (C=O) groups is 3. The normalized spacial score (nSPS) is 32.4. The number of carbonyl (C=O) groups excluding carboxylic acids is 3. The maximum atomic E-state index is 13.6. The van der Waals surface area contributed by atoms with Crippen molar-refractivity contribution in [2.24, 2.45) is 21.5 Å². The van der Waals surface area contributed by atoms with Crippen molar-refractivity contribution in [3.63, 3.8) is 0 Å². The van der Waals surface area contributed by atoms with Gasteiger partial charge in [0.15, 0.2) is 17.6 Å². The van der Waals surface area contributed by atoms with Crippen LogP contribution in [0.25, 0.3) is 0 Å². The summed E-state index contributed by atoms with van der Waals surface area (Å²) in [5.74, 6) is -3.28. The first-order valence-electron chi connectivity index (χ1n) is 14.2. The minimum absolute atomic E-state index is 0.0108. The van der Waals surface area contributed by atoms with E-state index in [2.05, 4.69) is 34.5 Å². The number of aliphatic imine (C=N–C) groups is 2. The van der Waals surface area contributed by atoms with Crippen LogP contribution in [-0.4, -0.2) is 117 Å². The summed E-state index contributed by atoms with van der Waals surface area (Å²) in [5.41, 5.74) is 11.6. The maximum Gasteiger partial charge on any atom is 0.327 e. The van der Waals surface area contributed by atoms with E-state index in [-0.39, 0.29) is 54.5 Å². The van der Waals surface area contributed by atoms with Crippen LogP contribution in [0.2, 0.25) is 0 Å². The Labute approximate surface area is 241 Å². The van der Waals surface area contributed by atoms with Gasteiger partial charge < -0.3 is 46.9 Å². The molecule has 15 heteroatoms. The number of nitrogens with zero attached hydrogens (tertiary/aromatic N) is 5. The van der Waals surface area contributed by atoms with Gasteiger partial charge in [0.2, 0.25) is 11.7 Å². The molecular weight excluding hydrogens is 546 g/mol. The van der Waals surface area contributed by atoms with Crippen LogP contribution < -0.4 is 26.8 Å². The molecule has 0 bridgehead atoms. The highest BCUT2D eigenvalue weighted by Gasteiger charge is 2.73. The molecule has 0 aromatic heterocycles. The highest BCUT2D eigenvalue weighted by molar-refractivity contribution is 6.02. The van der Waals surface area contributed by atoms with Crippen LogP contribution in [0.15, 0.2) is 28.2 Å². The fourth-order valence-electron chi connectivity index (χ4n) is 7.02. The standard InChI is InChI=1S/C27H35N9O6/c1-25(2)8-9-42-19-14(4-3-5-15(19)25)21(38)31-17-11-36-23(29)30-16(20-26(36,27(17,40)41)33-22(28)32-20)10-35-18(37)12-34(24(35)39)13-6-7-13/h3-5,13,16-17,20,40-41H,6-12H2,1-2H3,(H2,29,30)(H,31,38)(H3,28,32,33)/t16-,17-,20-,26-/m0/s1. The SMILES string of the molecule is CC1(C)CCOc2c(C(=O)N[C@H]3CN4C(N)=N[C@@H](CN5C(=O)CN(C6CC6)C5=O)[C@@H]5N=C(N)N[C@@]54C3(O)O)cccc21. The summed E-state index contributed by atoms with van der Waals surface area (Å²) < 4.78 is 5.90. The average molecular weight is 582 g/mol. The van der Waals surface area contributed by atoms with Crippen molar-refractivity contribution < 1.29 is 29.3 Å². The molecule has 5 aliphatic heterocycles. The molecule has 3 fully saturated rings. The number of benzene rings is 1. The number of hydrogen-bond acceptors (Lipinski definition) is 12. The zero-order valence-electron chi connectivity index (χ0n) is 23.4. The van der Waals surface area contributed by atoms with Crippen molar-refractivity contribution in [2.45, 2.75) is 74.1 Å². The molecule has 4 atom stereocenters. The summed E-state index contributed by atoms with van der Waals surface area (Å²) in [7, 11) is 0. The number of aliphatic hydroxyl groups is 2. The van der Waals surface area contributed by atoms with Crippen molar-refractivity contribution in [1.82, 2.24) is 25.3 Å². The Morgan fingerprint density at radius 2 is 1.98 bits per heavy atom. The Balaban J connectivity index is 1.18. The van der Waals surface area contributed by atoms with Gasteiger partial charge >= 0.3 is 6.03 Å². The molecule has 4 amide bonds. The number of para-hydroxylation sites is 1. The second kappa shape index (κ2) is 8.70. The molecule has 1 aromatic carbocycles. The van der Waals surface area contributed by atoms with Gasteiger partial charge in [-0.1, -0.05) is 26.0 Å². The number of imide groups is 1. The van der Waals surface area contributed by atoms with Crippen molar-refractivity contribution in [2.75, 3.05) is 26.2 Å². The number of amides is 4. The number of fused-ring (bicyclic) bond motifs is 1. The minimum Gasteiger partial charge on any atom is -0.492 e. The molecule has 224 valence electrons. The molecule has 6 aliphatic rings. The summed E-state index contributed by atoms with van der Waals surface area (Å²) >= 11 is 0. The number of nitrogens with one attached hydrogen (secondary N) is 2. The van der Waals surface area contributed by atoms with E-state index in [1.54, 1.807) is 17.0 Å². The maximum absolute atomic E-state index is 13.6. The van der Waals surface area contributed by atoms with Gasteiger partial charge in [0.1, 0.15) is 24.4 Å². The second-order valence-electron chi connectivity index (χ2n) is 12.6. The Hall–Kier alpha value is -4.11. The van der Waals surface area contributed by atoms with E-state index >= 15 is 0 Å². The summed E-state index contributed by atoms with van der Waals surface area (Å²) in [6.07, 6.45) is 2.50. The van der Waals surface area contributed by atoms with E-state index in [0.29, 0.717) is 12.4 Å². The third kappa shape index (κ3) is 3.62. The van der Waals surface area contributed by atoms with Gasteiger partial charge in [0.05, 0.1) is 24.8 Å². The predicted molar refractivity (Wildman–Crippen MR) is 148 cm³/mol. The Bertz CT molecular complexity index is 1460. The van der Waals surface area contributed by atoms with Crippen LogP contribution in [0, 0.1) is 0 Å². The van der Waals surface area contributed by atoms with Crippen LogP contribution in [0.5, 0.6) is 5.75 Å². The summed E-state index contributed by atoms with van der Waals surface area (Å²) in [6, 6.07) is 1.73. The fourth-order valence-corrected chi connectivity index (χ4v) is 7.02. The quantitative estimate of drug-likeness (QED) is 0.165. The van der Waals surface area contributed by atoms with E-state index in [4.69, 9.17) is 16.2 Å². The Morgan fingerprint density at radius 3 is 2.71 bits per heavy atom. The lowest BCUT2D eigenvalue weighted by atomic mass is 9.79. The molecule has 7 rings (SSSR count). The minimum atomic E-state index is -2.66. The number of nitrogens with two attached hydrogens (primary N) is 2. The highest BCUT2D eigenvalue weighted by atomic mass is 16.5. The number of guanidine groups is 2. The molecule has 1 aliphatic carbocycles. The first kappa shape index (κ1) is 26.8. The fraction of sp³-hybridized carbons (Fsp3) is 0.593. The van der Waals surface area contributed by atoms with Crippen molar-refractivity contribution in [1.29, 1.82) is 0 Å². The van der Waals surface area contributed by atoms with Crippen molar-refractivity contribution >= 4 is 29.8 Å². The van der Waals surface area contributed by atoms with Crippen molar-refractivity contribution in [3.05, 3.63) is 29.3 Å². The number of urea groups is 1. The van der Waals surface area contributed by atoms with Gasteiger partial charge in [-0.05, 0) is 30.7 Å². The van der Waals surface area contributed by atoms with Crippen LogP contribution in [0.4, 0.5) is 4.79 Å². The third-order valence-corrected chi connectivity index (χ3v) is 9.51. The van der Waals surface area contributed by atoms with E-state index in [9.17, 15) is 24.6 Å². The third-order valence-electron chi connectivity index (χ3n) is 9.51. The summed E-state index contributed by atoms with van der Waals surface area (Å²) in [6.45, 7) is 4.30. The Morgan fingerprint density at radius 1 is 1.21 bits per heavy atom. The molecule has 0 radical (unpaired) electrons. The number of hydrogen-bond donors (Lipinski definition) is 6. The predicted octanol–water partition coefficient (Wildman–Crippen LogP) is -2.05. The van der Waals surface area contributed by atoms with Gasteiger partial charge in [-0.3, -0.25) is 14.5 Å². The van der Waals surface area contributed by atoms with Crippen LogP contribution in [-0.2, 0) is 10.2 Å². The molecular formula is C27H35N9O6. The van der Waals surface area contributed by atoms with Gasteiger partial charge in [-0.25, -0.2) is 14.8 Å². The topological polar surface area (TPSA) is 211 Å². The number of ether oxygens (including phenoxy) is 1. The smallest absolute Gasteiger partial charge is 0.327 e. The van der Waals surface area contributed by atoms with Crippen LogP contribution in [0.1, 0.15) is 49.0 Å². The second-order valence-corrected chi connectivity index (χ2v) is 12.6. The summed E-state index contributed by atoms with van der Waals surface area (Å²) in [5, 5.41) is 29.2. The zero-order chi connectivity index (χ0) is 29.8. The van der Waals surface area contributed by atoms with Crippen LogP contribution in [0.3, 0.4) is 0 Å². The largest absolute Gasteiger partial charge is 0.492 e. The van der Waals surface area contributed by atoms with Crippen LogP contribution >= 0.6 is 0 Å².